The van der Waals surface area contributed by atoms with E-state index in [0.717, 1.165) is 16.0 Å². The van der Waals surface area contributed by atoms with Gasteiger partial charge in [0.1, 0.15) is 0 Å². The number of carbonyl (C=O) groups is 1. The molecule has 1 atom stereocenters. The third-order valence-electron chi connectivity index (χ3n) is 5.62. The molecule has 190 valence electrons. The van der Waals surface area contributed by atoms with E-state index in [1.165, 1.54) is 31.2 Å². The number of benzene rings is 2. The van der Waals surface area contributed by atoms with Crippen LogP contribution in [-0.4, -0.2) is 58.1 Å². The molecule has 1 N–H and O–H groups in total. The number of sulfone groups is 1. The number of nitrogens with one attached hydrogen (secondary N) is 1. The molecule has 2 aromatic carbocycles. The average Bonchev–Trinajstić information content (AvgIpc) is 2.77. The first-order chi connectivity index (χ1) is 16.2. The van der Waals surface area contributed by atoms with Crippen molar-refractivity contribution in [3.63, 3.8) is 0 Å². The first-order valence-corrected chi connectivity index (χ1v) is 14.8. The normalized spacial score (nSPS) is 17.9. The molecule has 1 amide bonds. The fourth-order valence-corrected chi connectivity index (χ4v) is 6.27. The smallest absolute Gasteiger partial charge is 0.258 e. The molecule has 0 saturated carbocycles. The van der Waals surface area contributed by atoms with Crippen molar-refractivity contribution in [3.05, 3.63) is 64.0 Å². The summed E-state index contributed by atoms with van der Waals surface area (Å²) in [7, 11) is -7.45. The highest BCUT2D eigenvalue weighted by Crippen LogP contribution is 2.37. The molecule has 1 fully saturated rings. The van der Waals surface area contributed by atoms with Crippen LogP contribution in [0.15, 0.2) is 58.8 Å². The van der Waals surface area contributed by atoms with Crippen LogP contribution in [0.3, 0.4) is 0 Å². The van der Waals surface area contributed by atoms with Crippen LogP contribution in [-0.2, 0) is 24.7 Å². The predicted molar refractivity (Wildman–Crippen MR) is 135 cm³/mol. The minimum Gasteiger partial charge on any atom is -0.347 e. The quantitative estimate of drug-likeness (QED) is 0.544. The van der Waals surface area contributed by atoms with Gasteiger partial charge in [-0.05, 0) is 31.2 Å². The highest BCUT2D eigenvalue weighted by atomic mass is 35.5. The molecule has 35 heavy (non-hydrogen) atoms. The van der Waals surface area contributed by atoms with Crippen molar-refractivity contribution in [2.45, 2.75) is 36.4 Å². The third kappa shape index (κ3) is 6.62. The number of hydrogen-bond acceptors (Lipinski definition) is 5. The maximum absolute atomic E-state index is 15.4. The van der Waals surface area contributed by atoms with E-state index in [0.29, 0.717) is 21.2 Å². The number of piperidine rings is 1. The molecular formula is C23H25Cl2FN2O5S2. The molecule has 0 spiro atoms. The zero-order chi connectivity index (χ0) is 26.0. The Morgan fingerprint density at radius 1 is 1.09 bits per heavy atom. The molecule has 0 radical (unpaired) electrons. The minimum atomic E-state index is -4.06. The first-order valence-electron chi connectivity index (χ1n) is 10.7. The van der Waals surface area contributed by atoms with E-state index in [1.54, 1.807) is 24.3 Å². The van der Waals surface area contributed by atoms with Gasteiger partial charge in [0.15, 0.2) is 15.5 Å². The number of sulfonamides is 1. The number of halogens is 3. The van der Waals surface area contributed by atoms with E-state index >= 15 is 4.39 Å². The van der Waals surface area contributed by atoms with E-state index in [9.17, 15) is 21.6 Å². The van der Waals surface area contributed by atoms with Crippen LogP contribution in [0.1, 0.15) is 19.8 Å². The van der Waals surface area contributed by atoms with E-state index < -0.39 is 37.5 Å². The second-order valence-corrected chi connectivity index (χ2v) is 13.1. The lowest BCUT2D eigenvalue weighted by Gasteiger charge is -2.35. The molecule has 0 unspecified atom stereocenters. The molecule has 1 heterocycles. The highest BCUT2D eigenvalue weighted by Gasteiger charge is 2.44. The van der Waals surface area contributed by atoms with Crippen LogP contribution >= 0.6 is 23.2 Å². The standard InChI is InChI=1S/C23H25Cl2FN2O5S2/c1-16(9-14-34(2,30)31)27-22(29)23(26)10-12-28(13-11-23)35(32,33)21-8-7-17(24)15-19(21)18-5-3-4-6-20(18)25/h3-9,14-16H,10-13H2,1-2H3,(H,27,29)/b14-9-/t16-/m0/s1. The minimum absolute atomic E-state index is 0.0228. The molecular weight excluding hydrogens is 538 g/mol. The van der Waals surface area contributed by atoms with Gasteiger partial charge >= 0.3 is 0 Å². The molecule has 7 nitrogen and oxygen atoms in total. The van der Waals surface area contributed by atoms with Gasteiger partial charge in [-0.2, -0.15) is 4.31 Å². The predicted octanol–water partition coefficient (Wildman–Crippen LogP) is 4.22. The van der Waals surface area contributed by atoms with E-state index in [2.05, 4.69) is 5.32 Å². The third-order valence-corrected chi connectivity index (χ3v) is 8.79. The largest absolute Gasteiger partial charge is 0.347 e. The van der Waals surface area contributed by atoms with Crippen molar-refractivity contribution in [2.24, 2.45) is 0 Å². The lowest BCUT2D eigenvalue weighted by molar-refractivity contribution is -0.135. The fraction of sp³-hybridized carbons (Fsp3) is 0.348. The summed E-state index contributed by atoms with van der Waals surface area (Å²) in [6, 6.07) is 10.4. The van der Waals surface area contributed by atoms with Gasteiger partial charge in [-0.15, -0.1) is 0 Å². The van der Waals surface area contributed by atoms with Crippen molar-refractivity contribution in [3.8, 4) is 11.1 Å². The summed E-state index contributed by atoms with van der Waals surface area (Å²) in [6.45, 7) is 1.08. The summed E-state index contributed by atoms with van der Waals surface area (Å²) in [5, 5.41) is 4.04. The maximum Gasteiger partial charge on any atom is 0.258 e. The number of nitrogens with zero attached hydrogens (tertiary/aromatic N) is 1. The van der Waals surface area contributed by atoms with Gasteiger partial charge in [0.25, 0.3) is 5.91 Å². The van der Waals surface area contributed by atoms with Crippen LogP contribution in [0.4, 0.5) is 4.39 Å². The van der Waals surface area contributed by atoms with Crippen LogP contribution in [0.2, 0.25) is 10.0 Å². The maximum atomic E-state index is 15.4. The lowest BCUT2D eigenvalue weighted by atomic mass is 9.93. The van der Waals surface area contributed by atoms with Crippen LogP contribution in [0, 0.1) is 0 Å². The number of carbonyl (C=O) groups excluding carboxylic acids is 1. The van der Waals surface area contributed by atoms with Gasteiger partial charge in [0.2, 0.25) is 10.0 Å². The monoisotopic (exact) mass is 562 g/mol. The van der Waals surface area contributed by atoms with Crippen molar-refractivity contribution in [1.82, 2.24) is 9.62 Å². The Morgan fingerprint density at radius 2 is 1.71 bits per heavy atom. The van der Waals surface area contributed by atoms with Gasteiger partial charge < -0.3 is 5.32 Å². The summed E-state index contributed by atoms with van der Waals surface area (Å²) in [5.74, 6) is -0.913. The average molecular weight is 564 g/mol. The molecule has 0 bridgehead atoms. The fourth-order valence-electron chi connectivity index (χ4n) is 3.71. The summed E-state index contributed by atoms with van der Waals surface area (Å²) in [6.07, 6.45) is 1.54. The van der Waals surface area contributed by atoms with Crippen LogP contribution < -0.4 is 5.32 Å². The number of hydrogen-bond donors (Lipinski definition) is 1. The highest BCUT2D eigenvalue weighted by molar-refractivity contribution is 7.93. The summed E-state index contributed by atoms with van der Waals surface area (Å²) < 4.78 is 66.0. The zero-order valence-electron chi connectivity index (χ0n) is 19.0. The summed E-state index contributed by atoms with van der Waals surface area (Å²) in [4.78, 5) is 12.5. The SMILES string of the molecule is C[C@@H](/C=C\S(C)(=O)=O)NC(=O)C1(F)CCN(S(=O)(=O)c2ccc(Cl)cc2-c2ccccc2Cl)CC1. The second-order valence-electron chi connectivity index (χ2n) is 8.41. The molecule has 1 aliphatic heterocycles. The van der Waals surface area contributed by atoms with E-state index in [4.69, 9.17) is 23.2 Å². The van der Waals surface area contributed by atoms with Crippen molar-refractivity contribution < 1.29 is 26.0 Å². The van der Waals surface area contributed by atoms with Crippen molar-refractivity contribution in [1.29, 1.82) is 0 Å². The van der Waals surface area contributed by atoms with Gasteiger partial charge in [-0.3, -0.25) is 4.79 Å². The summed E-state index contributed by atoms with van der Waals surface area (Å²) >= 11 is 12.4. The van der Waals surface area contributed by atoms with Crippen LogP contribution in [0.25, 0.3) is 11.1 Å². The summed E-state index contributed by atoms with van der Waals surface area (Å²) in [5.41, 5.74) is -1.47. The Morgan fingerprint density at radius 3 is 2.31 bits per heavy atom. The lowest BCUT2D eigenvalue weighted by Crippen LogP contribution is -2.53. The Bertz CT molecular complexity index is 1360. The van der Waals surface area contributed by atoms with Gasteiger partial charge in [-0.1, -0.05) is 47.5 Å². The number of rotatable bonds is 7. The van der Waals surface area contributed by atoms with E-state index in [-0.39, 0.29) is 30.8 Å². The Hall–Kier alpha value is -1.98. The van der Waals surface area contributed by atoms with Gasteiger partial charge in [0.05, 0.1) is 4.90 Å². The van der Waals surface area contributed by atoms with E-state index in [1.807, 2.05) is 0 Å². The molecule has 2 aromatic rings. The number of amides is 1. The van der Waals surface area contributed by atoms with Crippen molar-refractivity contribution >= 4 is 49.0 Å². The molecule has 12 heteroatoms. The molecule has 0 aliphatic carbocycles. The van der Waals surface area contributed by atoms with Gasteiger partial charge in [0, 0.05) is 64.8 Å². The van der Waals surface area contributed by atoms with Gasteiger partial charge in [-0.25, -0.2) is 21.2 Å². The molecule has 1 aliphatic rings. The second kappa shape index (κ2) is 10.6. The van der Waals surface area contributed by atoms with Crippen molar-refractivity contribution in [2.75, 3.05) is 19.3 Å². The Balaban J connectivity index is 1.79. The molecule has 1 saturated heterocycles. The topological polar surface area (TPSA) is 101 Å². The Labute approximate surface area is 214 Å². The van der Waals surface area contributed by atoms with Crippen LogP contribution in [0.5, 0.6) is 0 Å². The molecule has 3 rings (SSSR count). The first kappa shape index (κ1) is 27.6. The zero-order valence-corrected chi connectivity index (χ0v) is 22.2. The Kier molecular flexibility index (Phi) is 8.33. The number of alkyl halides is 1. The molecule has 0 aromatic heterocycles.